The number of nitrogen functional groups attached to an aromatic ring is 1. The van der Waals surface area contributed by atoms with Gasteiger partial charge in [0.05, 0.1) is 6.61 Å². The number of nitrogens with two attached hydrogens (primary N) is 1. The SMILES string of the molecule is CCCOc1cccc(NC(=O)c2cccc(N)c2C)c1. The van der Waals surface area contributed by atoms with Crippen LogP contribution in [0.25, 0.3) is 0 Å². The third kappa shape index (κ3) is 3.75. The maximum Gasteiger partial charge on any atom is 0.256 e. The Hall–Kier alpha value is -2.49. The molecule has 2 rings (SSSR count). The van der Waals surface area contributed by atoms with Gasteiger partial charge in [0, 0.05) is 23.0 Å². The molecule has 0 bridgehead atoms. The molecular weight excluding hydrogens is 264 g/mol. The van der Waals surface area contributed by atoms with Crippen molar-refractivity contribution in [3.05, 3.63) is 53.6 Å². The predicted octanol–water partition coefficient (Wildman–Crippen LogP) is 3.62. The highest BCUT2D eigenvalue weighted by atomic mass is 16.5. The third-order valence-electron chi connectivity index (χ3n) is 3.19. The Labute approximate surface area is 124 Å². The normalized spacial score (nSPS) is 10.2. The van der Waals surface area contributed by atoms with Crippen LogP contribution < -0.4 is 15.8 Å². The van der Waals surface area contributed by atoms with Gasteiger partial charge in [-0.05, 0) is 43.2 Å². The Morgan fingerprint density at radius 3 is 2.76 bits per heavy atom. The first kappa shape index (κ1) is 14.9. The smallest absolute Gasteiger partial charge is 0.256 e. The number of benzene rings is 2. The van der Waals surface area contributed by atoms with Gasteiger partial charge in [-0.1, -0.05) is 19.1 Å². The average molecular weight is 284 g/mol. The van der Waals surface area contributed by atoms with Gasteiger partial charge in [-0.15, -0.1) is 0 Å². The van der Waals surface area contributed by atoms with Crippen molar-refractivity contribution in [3.8, 4) is 5.75 Å². The standard InChI is InChI=1S/C17H20N2O2/c1-3-10-21-14-7-4-6-13(11-14)19-17(20)15-8-5-9-16(18)12(15)2/h4-9,11H,3,10,18H2,1-2H3,(H,19,20). The molecule has 4 nitrogen and oxygen atoms in total. The van der Waals surface area contributed by atoms with E-state index in [0.717, 1.165) is 17.7 Å². The number of anilines is 2. The van der Waals surface area contributed by atoms with Crippen molar-refractivity contribution in [2.75, 3.05) is 17.7 Å². The Bertz CT molecular complexity index is 638. The van der Waals surface area contributed by atoms with Gasteiger partial charge in [0.25, 0.3) is 5.91 Å². The molecule has 0 spiro atoms. The van der Waals surface area contributed by atoms with Gasteiger partial charge in [0.15, 0.2) is 0 Å². The lowest BCUT2D eigenvalue weighted by molar-refractivity contribution is 0.102. The molecule has 0 aliphatic rings. The minimum atomic E-state index is -0.174. The number of amides is 1. The van der Waals surface area contributed by atoms with Gasteiger partial charge in [0.2, 0.25) is 0 Å². The fraction of sp³-hybridized carbons (Fsp3) is 0.235. The van der Waals surface area contributed by atoms with Gasteiger partial charge >= 0.3 is 0 Å². The first-order chi connectivity index (χ1) is 10.1. The minimum absolute atomic E-state index is 0.174. The number of ether oxygens (including phenoxy) is 1. The van der Waals surface area contributed by atoms with Gasteiger partial charge in [-0.3, -0.25) is 4.79 Å². The zero-order valence-electron chi connectivity index (χ0n) is 12.3. The predicted molar refractivity (Wildman–Crippen MR) is 85.8 cm³/mol. The monoisotopic (exact) mass is 284 g/mol. The van der Waals surface area contributed by atoms with Crippen LogP contribution in [0.5, 0.6) is 5.75 Å². The van der Waals surface area contributed by atoms with E-state index in [1.165, 1.54) is 0 Å². The summed E-state index contributed by atoms with van der Waals surface area (Å²) in [5.74, 6) is 0.575. The molecule has 1 amide bonds. The van der Waals surface area contributed by atoms with Crippen molar-refractivity contribution < 1.29 is 9.53 Å². The summed E-state index contributed by atoms with van der Waals surface area (Å²) in [7, 11) is 0. The molecule has 0 saturated heterocycles. The number of nitrogens with one attached hydrogen (secondary N) is 1. The molecule has 0 saturated carbocycles. The third-order valence-corrected chi connectivity index (χ3v) is 3.19. The largest absolute Gasteiger partial charge is 0.494 e. The Kier molecular flexibility index (Phi) is 4.82. The quantitative estimate of drug-likeness (QED) is 0.824. The summed E-state index contributed by atoms with van der Waals surface area (Å²) in [5, 5.41) is 2.87. The first-order valence-electron chi connectivity index (χ1n) is 7.01. The van der Waals surface area contributed by atoms with Crippen molar-refractivity contribution in [2.45, 2.75) is 20.3 Å². The molecule has 0 atom stereocenters. The maximum absolute atomic E-state index is 12.3. The van der Waals surface area contributed by atoms with Crippen molar-refractivity contribution in [1.82, 2.24) is 0 Å². The highest BCUT2D eigenvalue weighted by Gasteiger charge is 2.11. The van der Waals surface area contributed by atoms with E-state index in [9.17, 15) is 4.79 Å². The van der Waals surface area contributed by atoms with Gasteiger partial charge in [-0.2, -0.15) is 0 Å². The van der Waals surface area contributed by atoms with Crippen LogP contribution in [0.15, 0.2) is 42.5 Å². The fourth-order valence-corrected chi connectivity index (χ4v) is 1.98. The summed E-state index contributed by atoms with van der Waals surface area (Å²) in [6, 6.07) is 12.7. The number of rotatable bonds is 5. The molecule has 3 N–H and O–H groups in total. The van der Waals surface area contributed by atoms with Crippen LogP contribution in [0.2, 0.25) is 0 Å². The van der Waals surface area contributed by atoms with Gasteiger partial charge in [-0.25, -0.2) is 0 Å². The second-order valence-electron chi connectivity index (χ2n) is 4.85. The molecule has 2 aromatic rings. The van der Waals surface area contributed by atoms with Crippen molar-refractivity contribution in [3.63, 3.8) is 0 Å². The number of carbonyl (C=O) groups excluding carboxylic acids is 1. The highest BCUT2D eigenvalue weighted by Crippen LogP contribution is 2.20. The Morgan fingerprint density at radius 1 is 1.24 bits per heavy atom. The lowest BCUT2D eigenvalue weighted by Gasteiger charge is -2.11. The number of carbonyl (C=O) groups is 1. The summed E-state index contributed by atoms with van der Waals surface area (Å²) < 4.78 is 5.55. The second-order valence-corrected chi connectivity index (χ2v) is 4.85. The lowest BCUT2D eigenvalue weighted by Crippen LogP contribution is -2.14. The molecule has 0 radical (unpaired) electrons. The van der Waals surface area contributed by atoms with Crippen LogP contribution in [0.4, 0.5) is 11.4 Å². The number of hydrogen-bond acceptors (Lipinski definition) is 3. The van der Waals surface area contributed by atoms with E-state index in [1.807, 2.05) is 38.1 Å². The van der Waals surface area contributed by atoms with E-state index >= 15 is 0 Å². The summed E-state index contributed by atoms with van der Waals surface area (Å²) >= 11 is 0. The highest BCUT2D eigenvalue weighted by molar-refractivity contribution is 6.06. The van der Waals surface area contributed by atoms with E-state index in [-0.39, 0.29) is 5.91 Å². The summed E-state index contributed by atoms with van der Waals surface area (Å²) in [5.41, 5.74) is 8.51. The molecule has 0 fully saturated rings. The van der Waals surface area contributed by atoms with Crippen LogP contribution in [0, 0.1) is 6.92 Å². The molecule has 0 unspecified atom stereocenters. The van der Waals surface area contributed by atoms with Crippen molar-refractivity contribution in [1.29, 1.82) is 0 Å². The topological polar surface area (TPSA) is 64.3 Å². The molecule has 0 heterocycles. The zero-order chi connectivity index (χ0) is 15.2. The molecule has 21 heavy (non-hydrogen) atoms. The Balaban J connectivity index is 2.14. The van der Waals surface area contributed by atoms with E-state index in [2.05, 4.69) is 5.32 Å². The van der Waals surface area contributed by atoms with E-state index in [1.54, 1.807) is 18.2 Å². The molecule has 0 aliphatic carbocycles. The van der Waals surface area contributed by atoms with Gasteiger partial charge < -0.3 is 15.8 Å². The van der Waals surface area contributed by atoms with Crippen LogP contribution >= 0.6 is 0 Å². The van der Waals surface area contributed by atoms with Gasteiger partial charge in [0.1, 0.15) is 5.75 Å². The molecular formula is C17H20N2O2. The summed E-state index contributed by atoms with van der Waals surface area (Å²) in [6.07, 6.45) is 0.944. The first-order valence-corrected chi connectivity index (χ1v) is 7.01. The summed E-state index contributed by atoms with van der Waals surface area (Å²) in [6.45, 7) is 4.55. The van der Waals surface area contributed by atoms with Crippen LogP contribution in [-0.4, -0.2) is 12.5 Å². The molecule has 0 aliphatic heterocycles. The summed E-state index contributed by atoms with van der Waals surface area (Å²) in [4.78, 5) is 12.3. The maximum atomic E-state index is 12.3. The average Bonchev–Trinajstić information content (AvgIpc) is 2.48. The minimum Gasteiger partial charge on any atom is -0.494 e. The van der Waals surface area contributed by atoms with Crippen LogP contribution in [0.1, 0.15) is 29.3 Å². The van der Waals surface area contributed by atoms with Crippen molar-refractivity contribution >= 4 is 17.3 Å². The van der Waals surface area contributed by atoms with Crippen molar-refractivity contribution in [2.24, 2.45) is 0 Å². The van der Waals surface area contributed by atoms with Crippen LogP contribution in [0.3, 0.4) is 0 Å². The molecule has 4 heteroatoms. The molecule has 0 aromatic heterocycles. The zero-order valence-corrected chi connectivity index (χ0v) is 12.3. The van der Waals surface area contributed by atoms with E-state index in [0.29, 0.717) is 23.5 Å². The second kappa shape index (κ2) is 6.79. The number of hydrogen-bond donors (Lipinski definition) is 2. The fourth-order valence-electron chi connectivity index (χ4n) is 1.98. The Morgan fingerprint density at radius 2 is 2.00 bits per heavy atom. The molecule has 110 valence electrons. The van der Waals surface area contributed by atoms with E-state index in [4.69, 9.17) is 10.5 Å². The van der Waals surface area contributed by atoms with Crippen LogP contribution in [-0.2, 0) is 0 Å². The lowest BCUT2D eigenvalue weighted by atomic mass is 10.1. The van der Waals surface area contributed by atoms with E-state index < -0.39 is 0 Å². The molecule has 2 aromatic carbocycles.